The highest BCUT2D eigenvalue weighted by Gasteiger charge is 2.36. The summed E-state index contributed by atoms with van der Waals surface area (Å²) in [4.78, 5) is 36.5. The van der Waals surface area contributed by atoms with Gasteiger partial charge < -0.3 is 10.6 Å². The first-order chi connectivity index (χ1) is 9.70. The lowest BCUT2D eigenvalue weighted by molar-refractivity contribution is -0.126. The molecule has 1 atom stereocenters. The van der Waals surface area contributed by atoms with Crippen molar-refractivity contribution in [1.82, 2.24) is 10.2 Å². The van der Waals surface area contributed by atoms with Gasteiger partial charge in [0.1, 0.15) is 6.04 Å². The molecule has 1 aliphatic heterocycles. The van der Waals surface area contributed by atoms with Crippen molar-refractivity contribution in [2.45, 2.75) is 26.8 Å². The highest BCUT2D eigenvalue weighted by molar-refractivity contribution is 6.04. The van der Waals surface area contributed by atoms with Crippen LogP contribution < -0.4 is 10.6 Å². The number of hydrogen-bond acceptors (Lipinski definition) is 3. The van der Waals surface area contributed by atoms with Crippen LogP contribution in [0.1, 0.15) is 32.4 Å². The van der Waals surface area contributed by atoms with Gasteiger partial charge in [-0.05, 0) is 17.7 Å². The van der Waals surface area contributed by atoms with Crippen LogP contribution in [0.3, 0.4) is 0 Å². The molecule has 21 heavy (non-hydrogen) atoms. The fourth-order valence-corrected chi connectivity index (χ4v) is 1.92. The zero-order valence-corrected chi connectivity index (χ0v) is 12.6. The largest absolute Gasteiger partial charge is 0.326 e. The predicted molar refractivity (Wildman–Crippen MR) is 78.6 cm³/mol. The molecule has 0 spiro atoms. The average molecular weight is 289 g/mol. The van der Waals surface area contributed by atoms with Crippen molar-refractivity contribution in [3.05, 3.63) is 29.8 Å². The lowest BCUT2D eigenvalue weighted by Gasteiger charge is -2.18. The molecule has 2 rings (SSSR count). The number of hydrogen-bond donors (Lipinski definition) is 2. The normalized spacial score (nSPS) is 18.7. The van der Waals surface area contributed by atoms with Gasteiger partial charge in [-0.3, -0.25) is 14.5 Å². The fraction of sp³-hybridized carbons (Fsp3) is 0.400. The molecular formula is C15H19N3O3. The van der Waals surface area contributed by atoms with Crippen molar-refractivity contribution < 1.29 is 14.4 Å². The zero-order valence-electron chi connectivity index (χ0n) is 12.6. The number of benzene rings is 1. The molecule has 1 unspecified atom stereocenters. The summed E-state index contributed by atoms with van der Waals surface area (Å²) in [5.74, 6) is -0.419. The van der Waals surface area contributed by atoms with Crippen LogP contribution >= 0.6 is 0 Å². The quantitative estimate of drug-likeness (QED) is 0.816. The summed E-state index contributed by atoms with van der Waals surface area (Å²) in [6.07, 6.45) is 0. The van der Waals surface area contributed by atoms with Gasteiger partial charge in [0, 0.05) is 18.2 Å². The predicted octanol–water partition coefficient (Wildman–Crippen LogP) is 1.89. The van der Waals surface area contributed by atoms with Gasteiger partial charge in [0.2, 0.25) is 5.91 Å². The van der Waals surface area contributed by atoms with Gasteiger partial charge in [0.15, 0.2) is 0 Å². The molecule has 1 aromatic carbocycles. The lowest BCUT2D eigenvalue weighted by atomic mass is 9.95. The molecule has 0 saturated carbocycles. The number of anilines is 1. The van der Waals surface area contributed by atoms with Gasteiger partial charge >= 0.3 is 6.03 Å². The maximum atomic E-state index is 12.0. The minimum absolute atomic E-state index is 0.112. The Balaban J connectivity index is 2.21. The molecule has 112 valence electrons. The number of carbonyl (C=O) groups is 3. The van der Waals surface area contributed by atoms with Crippen LogP contribution in [-0.4, -0.2) is 29.8 Å². The molecule has 4 amide bonds. The van der Waals surface area contributed by atoms with Crippen molar-refractivity contribution in [3.63, 3.8) is 0 Å². The van der Waals surface area contributed by atoms with E-state index in [-0.39, 0.29) is 11.8 Å². The van der Waals surface area contributed by atoms with Gasteiger partial charge in [-0.15, -0.1) is 0 Å². The molecule has 1 fully saturated rings. The van der Waals surface area contributed by atoms with Crippen LogP contribution in [0.25, 0.3) is 0 Å². The molecule has 0 aliphatic carbocycles. The van der Waals surface area contributed by atoms with E-state index in [1.807, 2.05) is 20.8 Å². The Morgan fingerprint density at radius 1 is 1.29 bits per heavy atom. The Hall–Kier alpha value is -2.37. The third-order valence-corrected chi connectivity index (χ3v) is 3.31. The number of rotatable bonds is 2. The molecule has 0 aromatic heterocycles. The Labute approximate surface area is 123 Å². The fourth-order valence-electron chi connectivity index (χ4n) is 1.92. The van der Waals surface area contributed by atoms with Crippen molar-refractivity contribution >= 4 is 23.5 Å². The van der Waals surface area contributed by atoms with Crippen LogP contribution in [0.5, 0.6) is 0 Å². The zero-order chi connectivity index (χ0) is 15.8. The lowest BCUT2D eigenvalue weighted by Crippen LogP contribution is -2.27. The second-order valence-corrected chi connectivity index (χ2v) is 6.11. The monoisotopic (exact) mass is 289 g/mol. The van der Waals surface area contributed by atoms with Gasteiger partial charge in [-0.25, -0.2) is 4.79 Å². The standard InChI is InChI=1S/C15H19N3O3/c1-15(2,3)13(20)16-10-7-5-6-9(8-10)11-12(19)18(4)14(21)17-11/h5-8,11H,1-4H3,(H,16,20)(H,17,21). The van der Waals surface area contributed by atoms with Crippen molar-refractivity contribution in [2.24, 2.45) is 5.41 Å². The summed E-state index contributed by atoms with van der Waals surface area (Å²) in [6, 6.07) is 5.81. The van der Waals surface area contributed by atoms with E-state index >= 15 is 0 Å². The first-order valence-corrected chi connectivity index (χ1v) is 6.69. The Morgan fingerprint density at radius 2 is 1.95 bits per heavy atom. The van der Waals surface area contributed by atoms with Crippen LogP contribution in [0.15, 0.2) is 24.3 Å². The van der Waals surface area contributed by atoms with E-state index in [2.05, 4.69) is 10.6 Å². The third-order valence-electron chi connectivity index (χ3n) is 3.31. The number of amides is 4. The van der Waals surface area contributed by atoms with Crippen LogP contribution in [0.4, 0.5) is 10.5 Å². The number of nitrogens with one attached hydrogen (secondary N) is 2. The topological polar surface area (TPSA) is 78.5 Å². The Morgan fingerprint density at radius 3 is 2.48 bits per heavy atom. The van der Waals surface area contributed by atoms with Gasteiger partial charge in [0.05, 0.1) is 0 Å². The van der Waals surface area contributed by atoms with E-state index in [0.717, 1.165) is 4.90 Å². The number of urea groups is 1. The number of nitrogens with zero attached hydrogens (tertiary/aromatic N) is 1. The van der Waals surface area contributed by atoms with Crippen molar-refractivity contribution in [1.29, 1.82) is 0 Å². The molecule has 6 heteroatoms. The number of likely N-dealkylation sites (N-methyl/N-ethyl adjacent to an activating group) is 1. The molecular weight excluding hydrogens is 270 g/mol. The van der Waals surface area contributed by atoms with E-state index in [0.29, 0.717) is 11.3 Å². The van der Waals surface area contributed by atoms with E-state index in [4.69, 9.17) is 0 Å². The van der Waals surface area contributed by atoms with E-state index in [1.54, 1.807) is 24.3 Å². The first kappa shape index (κ1) is 15.0. The second kappa shape index (κ2) is 5.20. The Kier molecular flexibility index (Phi) is 3.72. The molecule has 1 heterocycles. The summed E-state index contributed by atoms with van der Waals surface area (Å²) in [6.45, 7) is 5.46. The summed E-state index contributed by atoms with van der Waals surface area (Å²) in [5, 5.41) is 5.41. The Bertz CT molecular complexity index is 604. The smallest absolute Gasteiger partial charge is 0.324 e. The number of carbonyl (C=O) groups excluding carboxylic acids is 3. The van der Waals surface area contributed by atoms with E-state index < -0.39 is 17.5 Å². The van der Waals surface area contributed by atoms with E-state index in [1.165, 1.54) is 7.05 Å². The molecule has 0 radical (unpaired) electrons. The summed E-state index contributed by atoms with van der Waals surface area (Å²) >= 11 is 0. The van der Waals surface area contributed by atoms with Crippen molar-refractivity contribution in [3.8, 4) is 0 Å². The maximum absolute atomic E-state index is 12.0. The molecule has 1 saturated heterocycles. The van der Waals surface area contributed by atoms with Gasteiger partial charge in [0.25, 0.3) is 5.91 Å². The minimum Gasteiger partial charge on any atom is -0.326 e. The summed E-state index contributed by atoms with van der Waals surface area (Å²) < 4.78 is 0. The second-order valence-electron chi connectivity index (χ2n) is 6.11. The van der Waals surface area contributed by atoms with Crippen molar-refractivity contribution in [2.75, 3.05) is 12.4 Å². The SMILES string of the molecule is CN1C(=O)NC(c2cccc(NC(=O)C(C)(C)C)c2)C1=O. The van der Waals surface area contributed by atoms with Gasteiger partial charge in [-0.2, -0.15) is 0 Å². The maximum Gasteiger partial charge on any atom is 0.324 e. The molecule has 6 nitrogen and oxygen atoms in total. The molecule has 2 N–H and O–H groups in total. The molecule has 1 aliphatic rings. The van der Waals surface area contributed by atoms with Gasteiger partial charge in [-0.1, -0.05) is 32.9 Å². The molecule has 1 aromatic rings. The highest BCUT2D eigenvalue weighted by atomic mass is 16.2. The highest BCUT2D eigenvalue weighted by Crippen LogP contribution is 2.24. The summed E-state index contributed by atoms with van der Waals surface area (Å²) in [5.41, 5.74) is 0.738. The third kappa shape index (κ3) is 3.04. The molecule has 0 bridgehead atoms. The summed E-state index contributed by atoms with van der Waals surface area (Å²) in [7, 11) is 1.43. The van der Waals surface area contributed by atoms with Crippen LogP contribution in [-0.2, 0) is 9.59 Å². The van der Waals surface area contributed by atoms with Crippen LogP contribution in [0, 0.1) is 5.41 Å². The van der Waals surface area contributed by atoms with E-state index in [9.17, 15) is 14.4 Å². The average Bonchev–Trinajstić information content (AvgIpc) is 2.66. The minimum atomic E-state index is -0.700. The number of imide groups is 1. The van der Waals surface area contributed by atoms with Crippen LogP contribution in [0.2, 0.25) is 0 Å². The first-order valence-electron chi connectivity index (χ1n) is 6.69.